The van der Waals surface area contributed by atoms with Gasteiger partial charge in [-0.25, -0.2) is 0 Å². The van der Waals surface area contributed by atoms with Gasteiger partial charge >= 0.3 is 0 Å². The Morgan fingerprint density at radius 2 is 1.72 bits per heavy atom. The largest absolute Gasteiger partial charge is 0.494 e. The Kier molecular flexibility index (Phi) is 8.74. The zero-order valence-electron chi connectivity index (χ0n) is 30.6. The number of benzene rings is 3. The molecule has 53 heavy (non-hydrogen) atoms. The van der Waals surface area contributed by atoms with Crippen molar-refractivity contribution in [2.24, 2.45) is 14.1 Å². The summed E-state index contributed by atoms with van der Waals surface area (Å²) in [4.78, 5) is 23.0. The first-order valence-corrected chi connectivity index (χ1v) is 18.4. The molecule has 2 atom stereocenters. The van der Waals surface area contributed by atoms with Crippen LogP contribution in [0.25, 0.3) is 44.3 Å². The van der Waals surface area contributed by atoms with Gasteiger partial charge in [0.1, 0.15) is 16.9 Å². The summed E-state index contributed by atoms with van der Waals surface area (Å²) in [6, 6.07) is 17.5. The van der Waals surface area contributed by atoms with E-state index in [0.29, 0.717) is 36.7 Å². The van der Waals surface area contributed by atoms with Crippen molar-refractivity contribution < 1.29 is 9.53 Å². The summed E-state index contributed by atoms with van der Waals surface area (Å²) in [5, 5.41) is 19.9. The van der Waals surface area contributed by atoms with Crippen LogP contribution in [-0.4, -0.2) is 57.6 Å². The van der Waals surface area contributed by atoms with Gasteiger partial charge in [0.15, 0.2) is 0 Å². The Morgan fingerprint density at radius 3 is 2.42 bits per heavy atom. The van der Waals surface area contributed by atoms with Crippen molar-refractivity contribution in [3.05, 3.63) is 99.6 Å². The molecule has 0 spiro atoms. The van der Waals surface area contributed by atoms with Gasteiger partial charge in [0, 0.05) is 51.4 Å². The van der Waals surface area contributed by atoms with Crippen molar-refractivity contribution in [2.45, 2.75) is 59.0 Å². The smallest absolute Gasteiger partial charge is 0.276 e. The molecular weight excluding hydrogens is 709 g/mol. The maximum atomic E-state index is 15.2. The van der Waals surface area contributed by atoms with Crippen LogP contribution in [0.3, 0.4) is 0 Å². The number of fused-ring (bicyclic) bond motifs is 4. The monoisotopic (exact) mass is 747 g/mol. The lowest BCUT2D eigenvalue weighted by Gasteiger charge is -2.39. The number of aromatic nitrogens is 8. The second-order valence-corrected chi connectivity index (χ2v) is 14.7. The van der Waals surface area contributed by atoms with Crippen molar-refractivity contribution in [3.8, 4) is 28.3 Å². The van der Waals surface area contributed by atoms with E-state index >= 15 is 4.79 Å². The number of alkyl halides is 1. The van der Waals surface area contributed by atoms with E-state index in [1.54, 1.807) is 18.1 Å². The lowest BCUT2D eigenvalue weighted by atomic mass is 9.98. The van der Waals surface area contributed by atoms with Gasteiger partial charge in [0.25, 0.3) is 5.91 Å². The number of pyridine rings is 1. The average molecular weight is 749 g/mol. The summed E-state index contributed by atoms with van der Waals surface area (Å²) in [7, 11) is 3.68. The van der Waals surface area contributed by atoms with Gasteiger partial charge in [-0.2, -0.15) is 9.90 Å². The predicted octanol–water partition coefficient (Wildman–Crippen LogP) is 8.47. The summed E-state index contributed by atoms with van der Waals surface area (Å²) in [6.07, 6.45) is 3.01. The van der Waals surface area contributed by atoms with Gasteiger partial charge in [0.05, 0.1) is 42.1 Å². The van der Waals surface area contributed by atoms with Crippen LogP contribution >= 0.6 is 23.2 Å². The molecule has 7 aromatic rings. The predicted molar refractivity (Wildman–Crippen MR) is 209 cm³/mol. The molecule has 0 aliphatic carbocycles. The van der Waals surface area contributed by atoms with Gasteiger partial charge in [-0.1, -0.05) is 41.4 Å². The molecule has 0 radical (unpaired) electrons. The highest BCUT2D eigenvalue weighted by atomic mass is 35.5. The van der Waals surface area contributed by atoms with Crippen molar-refractivity contribution in [1.29, 1.82) is 0 Å². The van der Waals surface area contributed by atoms with Crippen LogP contribution in [0.15, 0.2) is 60.8 Å². The maximum absolute atomic E-state index is 15.2. The summed E-state index contributed by atoms with van der Waals surface area (Å²) in [5.41, 5.74) is 9.98. The zero-order chi connectivity index (χ0) is 37.3. The topological polar surface area (TPSA) is 109 Å². The highest BCUT2D eigenvalue weighted by Gasteiger charge is 2.42. The molecule has 0 N–H and O–H groups in total. The second kappa shape index (κ2) is 13.3. The Balaban J connectivity index is 1.27. The van der Waals surface area contributed by atoms with E-state index in [1.165, 1.54) is 4.80 Å². The molecule has 4 aromatic heterocycles. The van der Waals surface area contributed by atoms with Gasteiger partial charge < -0.3 is 9.30 Å². The molecule has 0 fully saturated rings. The summed E-state index contributed by atoms with van der Waals surface area (Å²) in [6.45, 7) is 10.6. The number of hydrogen-bond donors (Lipinski definition) is 0. The number of carbonyl (C=O) groups is 1. The molecule has 0 saturated carbocycles. The third-order valence-electron chi connectivity index (χ3n) is 10.4. The fourth-order valence-electron chi connectivity index (χ4n) is 7.81. The molecule has 8 rings (SSSR count). The number of para-hydroxylation sites is 1. The average Bonchev–Trinajstić information content (AvgIpc) is 3.80. The standard InChI is InChI=1S/C40H39Cl2N9O2/c1-21-18-27(19-22(2)35(21)41)53-17-9-12-29-28-10-8-11-30(34-23(3)45-48(6)24(34)4)36(28)50-25(5)38(42)51(40(52)37(29)50)33-15-16-43-32-14-13-26(20-31(32)33)39-44-47-49(7)46-39/h8,10-11,13-16,18-20,25,38H,9,12,17H2,1-7H3/t25?,38-/m0/s1. The van der Waals surface area contributed by atoms with E-state index in [1.807, 2.05) is 68.9 Å². The number of tetrazole rings is 1. The minimum Gasteiger partial charge on any atom is -0.494 e. The van der Waals surface area contributed by atoms with Crippen molar-refractivity contribution >= 4 is 56.6 Å². The second-order valence-electron chi connectivity index (χ2n) is 13.8. The van der Waals surface area contributed by atoms with E-state index in [0.717, 1.165) is 77.3 Å². The number of hydrogen-bond acceptors (Lipinski definition) is 7. The number of ether oxygens (including phenoxy) is 1. The quantitative estimate of drug-likeness (QED) is 0.0872. The van der Waals surface area contributed by atoms with E-state index in [9.17, 15) is 0 Å². The van der Waals surface area contributed by atoms with Crippen LogP contribution in [0.1, 0.15) is 58.0 Å². The van der Waals surface area contributed by atoms with Crippen LogP contribution in [0.4, 0.5) is 5.69 Å². The number of halogens is 2. The molecule has 3 aromatic carbocycles. The van der Waals surface area contributed by atoms with Crippen LogP contribution in [0.5, 0.6) is 5.75 Å². The Hall–Kier alpha value is -5.26. The molecule has 5 heterocycles. The van der Waals surface area contributed by atoms with Gasteiger partial charge in [0.2, 0.25) is 5.82 Å². The highest BCUT2D eigenvalue weighted by Crippen LogP contribution is 2.45. The van der Waals surface area contributed by atoms with Crippen molar-refractivity contribution in [2.75, 3.05) is 11.5 Å². The highest BCUT2D eigenvalue weighted by molar-refractivity contribution is 6.32. The summed E-state index contributed by atoms with van der Waals surface area (Å²) >= 11 is 13.9. The first kappa shape index (κ1) is 34.8. The van der Waals surface area contributed by atoms with E-state index in [4.69, 9.17) is 33.0 Å². The van der Waals surface area contributed by atoms with Crippen LogP contribution in [0.2, 0.25) is 5.02 Å². The molecule has 0 bridgehead atoms. The summed E-state index contributed by atoms with van der Waals surface area (Å²) in [5.74, 6) is 1.08. The molecule has 13 heteroatoms. The number of anilines is 1. The van der Waals surface area contributed by atoms with Crippen LogP contribution in [-0.2, 0) is 20.5 Å². The van der Waals surface area contributed by atoms with E-state index < -0.39 is 5.50 Å². The van der Waals surface area contributed by atoms with E-state index in [-0.39, 0.29) is 11.9 Å². The molecular formula is C40H39Cl2N9O2. The lowest BCUT2D eigenvalue weighted by Crippen LogP contribution is -2.48. The Morgan fingerprint density at radius 1 is 0.943 bits per heavy atom. The number of aryl methyl sites for hydroxylation is 6. The zero-order valence-corrected chi connectivity index (χ0v) is 32.2. The molecule has 270 valence electrons. The normalized spacial score (nSPS) is 15.9. The third kappa shape index (κ3) is 5.73. The van der Waals surface area contributed by atoms with Crippen molar-refractivity contribution in [1.82, 2.24) is 39.5 Å². The van der Waals surface area contributed by atoms with Gasteiger partial charge in [-0.15, -0.1) is 10.2 Å². The molecule has 11 nitrogen and oxygen atoms in total. The van der Waals surface area contributed by atoms with Crippen molar-refractivity contribution in [3.63, 3.8) is 0 Å². The first-order chi connectivity index (χ1) is 25.4. The van der Waals surface area contributed by atoms with Gasteiger partial charge in [-0.3, -0.25) is 19.4 Å². The maximum Gasteiger partial charge on any atom is 0.276 e. The third-order valence-corrected chi connectivity index (χ3v) is 11.5. The molecule has 1 unspecified atom stereocenters. The van der Waals surface area contributed by atoms with Crippen LogP contribution in [0, 0.1) is 27.7 Å². The number of nitrogens with zero attached hydrogens (tertiary/aromatic N) is 9. The number of amides is 1. The minimum atomic E-state index is -0.716. The fraction of sp³-hybridized carbons (Fsp3) is 0.300. The minimum absolute atomic E-state index is 0.180. The van der Waals surface area contributed by atoms with Crippen LogP contribution < -0.4 is 9.64 Å². The lowest BCUT2D eigenvalue weighted by molar-refractivity contribution is 0.0951. The Bertz CT molecular complexity index is 2560. The molecule has 1 aliphatic heterocycles. The van der Waals surface area contributed by atoms with E-state index in [2.05, 4.69) is 57.0 Å². The SMILES string of the molecule is Cc1cc(OCCCc2c3n(c4c(-c5c(C)nn(C)c5C)cccc24)C(C)[C@@H](Cl)N(c2ccnc4ccc(-c5nnn(C)n5)cc24)C3=O)cc(C)c1Cl. The molecule has 1 aliphatic rings. The summed E-state index contributed by atoms with van der Waals surface area (Å²) < 4.78 is 10.3. The first-order valence-electron chi connectivity index (χ1n) is 17.6. The number of carbonyl (C=O) groups excluding carboxylic acids is 1. The number of rotatable bonds is 8. The molecule has 0 saturated heterocycles. The Labute approximate surface area is 317 Å². The fourth-order valence-corrected chi connectivity index (χ4v) is 8.22. The molecule has 1 amide bonds. The van der Waals surface area contributed by atoms with Gasteiger partial charge in [-0.05, 0) is 106 Å².